The fourth-order valence-corrected chi connectivity index (χ4v) is 1.69. The highest BCUT2D eigenvalue weighted by Gasteiger charge is 2.23. The molecule has 0 aliphatic carbocycles. The summed E-state index contributed by atoms with van der Waals surface area (Å²) in [4.78, 5) is 33.0. The van der Waals surface area contributed by atoms with Gasteiger partial charge >= 0.3 is 5.97 Å². The van der Waals surface area contributed by atoms with Crippen molar-refractivity contribution in [1.29, 1.82) is 0 Å². The number of rotatable bonds is 6. The molecule has 3 N–H and O–H groups in total. The number of carboxylic acids is 1. The number of amides is 1. The monoisotopic (exact) mass is 282 g/mol. The van der Waals surface area contributed by atoms with E-state index in [9.17, 15) is 19.7 Å². The summed E-state index contributed by atoms with van der Waals surface area (Å²) in [5.41, 5.74) is -0.0294. The Hall–Kier alpha value is -2.48. The third-order valence-electron chi connectivity index (χ3n) is 2.77. The standard InChI is InChI=1S/C12H14N2O6/c1-7-8(3-2-4-10(7)14(19)20)11(16)13-9(5-6-15)12(17)18/h2-4,9,15H,5-6H2,1H3,(H,13,16)(H,17,18). The van der Waals surface area contributed by atoms with Gasteiger partial charge in [0, 0.05) is 30.2 Å². The second kappa shape index (κ2) is 6.62. The number of aliphatic hydroxyl groups is 1. The highest BCUT2D eigenvalue weighted by atomic mass is 16.6. The van der Waals surface area contributed by atoms with Crippen molar-refractivity contribution in [1.82, 2.24) is 5.32 Å². The molecule has 1 unspecified atom stereocenters. The van der Waals surface area contributed by atoms with E-state index in [0.717, 1.165) is 0 Å². The van der Waals surface area contributed by atoms with Crippen LogP contribution in [0, 0.1) is 17.0 Å². The molecule has 0 aromatic heterocycles. The lowest BCUT2D eigenvalue weighted by atomic mass is 10.1. The van der Waals surface area contributed by atoms with E-state index in [4.69, 9.17) is 10.2 Å². The second-order valence-corrected chi connectivity index (χ2v) is 4.08. The number of aliphatic hydroxyl groups excluding tert-OH is 1. The van der Waals surface area contributed by atoms with E-state index >= 15 is 0 Å². The Bertz CT molecular complexity index is 543. The van der Waals surface area contributed by atoms with Gasteiger partial charge < -0.3 is 15.5 Å². The summed E-state index contributed by atoms with van der Waals surface area (Å²) in [5, 5.41) is 30.6. The minimum Gasteiger partial charge on any atom is -0.480 e. The number of benzene rings is 1. The third-order valence-corrected chi connectivity index (χ3v) is 2.77. The summed E-state index contributed by atoms with van der Waals surface area (Å²) in [5.74, 6) is -2.01. The SMILES string of the molecule is Cc1c(C(=O)NC(CCO)C(=O)O)cccc1[N+](=O)[O-]. The first kappa shape index (κ1) is 15.6. The van der Waals surface area contributed by atoms with Gasteiger partial charge in [0.05, 0.1) is 4.92 Å². The van der Waals surface area contributed by atoms with Crippen LogP contribution in [0.2, 0.25) is 0 Å². The molecule has 0 fully saturated rings. The van der Waals surface area contributed by atoms with Gasteiger partial charge in [0.15, 0.2) is 0 Å². The van der Waals surface area contributed by atoms with Crippen molar-refractivity contribution in [2.24, 2.45) is 0 Å². The molecule has 1 aromatic carbocycles. The van der Waals surface area contributed by atoms with Crippen LogP contribution in [0.25, 0.3) is 0 Å². The predicted octanol–water partition coefficient (Wildman–Crippen LogP) is 0.469. The molecule has 0 bridgehead atoms. The van der Waals surface area contributed by atoms with Gasteiger partial charge in [-0.05, 0) is 13.0 Å². The zero-order chi connectivity index (χ0) is 15.3. The largest absolute Gasteiger partial charge is 0.480 e. The van der Waals surface area contributed by atoms with Crippen molar-refractivity contribution in [3.63, 3.8) is 0 Å². The number of aliphatic carboxylic acids is 1. The van der Waals surface area contributed by atoms with Crippen LogP contribution in [-0.4, -0.2) is 39.7 Å². The molecule has 0 aliphatic heterocycles. The van der Waals surface area contributed by atoms with Crippen molar-refractivity contribution in [2.75, 3.05) is 6.61 Å². The molecule has 1 amide bonds. The van der Waals surface area contributed by atoms with E-state index in [1.165, 1.54) is 25.1 Å². The number of nitrogens with zero attached hydrogens (tertiary/aromatic N) is 1. The van der Waals surface area contributed by atoms with E-state index in [1.54, 1.807) is 0 Å². The first-order valence-electron chi connectivity index (χ1n) is 5.77. The Kier molecular flexibility index (Phi) is 5.15. The number of nitro benzene ring substituents is 1. The second-order valence-electron chi connectivity index (χ2n) is 4.08. The zero-order valence-electron chi connectivity index (χ0n) is 10.7. The Labute approximate surface area is 114 Å². The van der Waals surface area contributed by atoms with Crippen molar-refractivity contribution in [2.45, 2.75) is 19.4 Å². The molecule has 1 atom stereocenters. The Morgan fingerprint density at radius 1 is 1.45 bits per heavy atom. The number of hydrogen-bond acceptors (Lipinski definition) is 5. The number of carbonyl (C=O) groups is 2. The average Bonchev–Trinajstić information content (AvgIpc) is 2.37. The van der Waals surface area contributed by atoms with Crippen molar-refractivity contribution < 1.29 is 24.7 Å². The van der Waals surface area contributed by atoms with Gasteiger partial charge in [-0.2, -0.15) is 0 Å². The van der Waals surface area contributed by atoms with Crippen LogP contribution in [-0.2, 0) is 4.79 Å². The fourth-order valence-electron chi connectivity index (χ4n) is 1.69. The van der Waals surface area contributed by atoms with Crippen LogP contribution in [0.1, 0.15) is 22.3 Å². The normalized spacial score (nSPS) is 11.7. The maximum absolute atomic E-state index is 12.0. The molecule has 0 spiro atoms. The van der Waals surface area contributed by atoms with Gasteiger partial charge in [0.2, 0.25) is 0 Å². The van der Waals surface area contributed by atoms with Crippen LogP contribution in [0.5, 0.6) is 0 Å². The van der Waals surface area contributed by atoms with E-state index in [0.29, 0.717) is 0 Å². The lowest BCUT2D eigenvalue weighted by Gasteiger charge is -2.14. The first-order valence-corrected chi connectivity index (χ1v) is 5.77. The molecule has 1 aromatic rings. The molecule has 0 heterocycles. The van der Waals surface area contributed by atoms with Gasteiger partial charge in [0.1, 0.15) is 6.04 Å². The van der Waals surface area contributed by atoms with Gasteiger partial charge in [-0.15, -0.1) is 0 Å². The molecule has 8 nitrogen and oxygen atoms in total. The molecule has 8 heteroatoms. The van der Waals surface area contributed by atoms with E-state index in [1.807, 2.05) is 0 Å². The molecule has 108 valence electrons. The summed E-state index contributed by atoms with van der Waals surface area (Å²) in [6.45, 7) is 1.01. The Morgan fingerprint density at radius 3 is 2.60 bits per heavy atom. The van der Waals surface area contributed by atoms with Crippen LogP contribution in [0.3, 0.4) is 0 Å². The van der Waals surface area contributed by atoms with Crippen LogP contribution in [0.4, 0.5) is 5.69 Å². The summed E-state index contributed by atoms with van der Waals surface area (Å²) in [6.07, 6.45) is -0.144. The number of hydrogen-bond donors (Lipinski definition) is 3. The van der Waals surface area contributed by atoms with Crippen LogP contribution in [0.15, 0.2) is 18.2 Å². The van der Waals surface area contributed by atoms with E-state index in [2.05, 4.69) is 5.32 Å². The highest BCUT2D eigenvalue weighted by Crippen LogP contribution is 2.21. The number of carboxylic acid groups (broad SMARTS) is 1. The molecule has 0 aliphatic rings. The number of carbonyl (C=O) groups excluding carboxylic acids is 1. The smallest absolute Gasteiger partial charge is 0.326 e. The molecule has 0 saturated carbocycles. The van der Waals surface area contributed by atoms with Gasteiger partial charge in [-0.1, -0.05) is 6.07 Å². The molecule has 20 heavy (non-hydrogen) atoms. The number of nitrogens with one attached hydrogen (secondary N) is 1. The molecule has 0 saturated heterocycles. The molecule has 0 radical (unpaired) electrons. The molecule has 1 rings (SSSR count). The summed E-state index contributed by atoms with van der Waals surface area (Å²) >= 11 is 0. The molecular formula is C12H14N2O6. The quantitative estimate of drug-likeness (QED) is 0.513. The number of nitro groups is 1. The average molecular weight is 282 g/mol. The topological polar surface area (TPSA) is 130 Å². The maximum Gasteiger partial charge on any atom is 0.326 e. The van der Waals surface area contributed by atoms with Gasteiger partial charge in [0.25, 0.3) is 11.6 Å². The lowest BCUT2D eigenvalue weighted by molar-refractivity contribution is -0.385. The minimum absolute atomic E-state index is 0.0309. The third kappa shape index (κ3) is 3.51. The highest BCUT2D eigenvalue weighted by molar-refractivity contribution is 5.98. The minimum atomic E-state index is -1.28. The Morgan fingerprint density at radius 2 is 2.10 bits per heavy atom. The zero-order valence-corrected chi connectivity index (χ0v) is 10.7. The maximum atomic E-state index is 12.0. The van der Waals surface area contributed by atoms with E-state index in [-0.39, 0.29) is 23.2 Å². The van der Waals surface area contributed by atoms with Gasteiger partial charge in [-0.3, -0.25) is 14.9 Å². The summed E-state index contributed by atoms with van der Waals surface area (Å²) in [7, 11) is 0. The summed E-state index contributed by atoms with van der Waals surface area (Å²) in [6, 6.07) is 2.73. The Balaban J connectivity index is 3.00. The lowest BCUT2D eigenvalue weighted by Crippen LogP contribution is -2.41. The van der Waals surface area contributed by atoms with E-state index < -0.39 is 29.4 Å². The van der Waals surface area contributed by atoms with Crippen molar-refractivity contribution in [3.05, 3.63) is 39.4 Å². The van der Waals surface area contributed by atoms with Gasteiger partial charge in [-0.25, -0.2) is 4.79 Å². The van der Waals surface area contributed by atoms with Crippen LogP contribution >= 0.6 is 0 Å². The predicted molar refractivity (Wildman–Crippen MR) is 68.4 cm³/mol. The summed E-state index contributed by atoms with van der Waals surface area (Å²) < 4.78 is 0. The fraction of sp³-hybridized carbons (Fsp3) is 0.333. The van der Waals surface area contributed by atoms with Crippen molar-refractivity contribution >= 4 is 17.6 Å². The first-order chi connectivity index (χ1) is 9.38. The van der Waals surface area contributed by atoms with Crippen molar-refractivity contribution in [3.8, 4) is 0 Å². The molecular weight excluding hydrogens is 268 g/mol. The van der Waals surface area contributed by atoms with Crippen LogP contribution < -0.4 is 5.32 Å².